The first-order valence-corrected chi connectivity index (χ1v) is 31.7. The summed E-state index contributed by atoms with van der Waals surface area (Å²) in [6.07, 6.45) is -2.72. The van der Waals surface area contributed by atoms with E-state index in [4.69, 9.17) is 16.0 Å². The number of aliphatic hydroxyl groups excluding tert-OH is 1. The molecule has 508 valence electrons. The third-order valence-corrected chi connectivity index (χ3v) is 15.3. The zero-order valence-electron chi connectivity index (χ0n) is 50.5. The Labute approximate surface area is 540 Å². The number of amides is 12. The summed E-state index contributed by atoms with van der Waals surface area (Å²) in [5.74, 6) is -15.9. The van der Waals surface area contributed by atoms with Crippen molar-refractivity contribution in [3.8, 4) is 5.75 Å². The number of carbonyl (C=O) groups excluding carboxylic acids is 12. The van der Waals surface area contributed by atoms with E-state index in [-0.39, 0.29) is 43.4 Å². The summed E-state index contributed by atoms with van der Waals surface area (Å²) >= 11 is 1.26. The Balaban J connectivity index is 1.36. The van der Waals surface area contributed by atoms with Gasteiger partial charge in [0.2, 0.25) is 70.9 Å². The maximum absolute atomic E-state index is 14.5. The van der Waals surface area contributed by atoms with Crippen molar-refractivity contribution in [2.24, 2.45) is 11.5 Å². The van der Waals surface area contributed by atoms with Gasteiger partial charge in [0.05, 0.1) is 25.5 Å². The standard InChI is InChI=1S/C58H73N13O21S2/c1-29(72)49(71-57(87)40(23-31-12-14-33(15-13-31)92-94(89,90)91)68-56(86)43(26-48(78)79)69-52(82)37(16-18-44(59)73)65-51(81)36-17-19-45(74)63-36)58(88)62-28-46(75)64-41(24-32-27-61-35-11-7-6-10-34(32)35)54(84)66-38(20-21-93-2)53(83)70-42(25-47(76)77)55(85)67-39(50(60)80)22-30-8-4-3-5-9-30/h3-15,27,29,36-43,49,61,72H,16-26,28H2,1-2H3,(H2,59,73)(H2,60,80)(H,62,88)(H,63,74)(H,64,75)(H,65,81)(H,66,84)(H,67,85)(H,68,86)(H,69,82)(H,70,83)(H,71,87)(H,76,77)(H,78,79)(H,89,90,91)/t29-,36?,37+,38?,39+,40+,41+,42?,43?,49+/m1/s1. The predicted octanol–water partition coefficient (Wildman–Crippen LogP) is -4.52. The number of nitrogens with two attached hydrogens (primary N) is 2. The minimum atomic E-state index is -5.02. The largest absolute Gasteiger partial charge is 0.481 e. The van der Waals surface area contributed by atoms with Crippen molar-refractivity contribution >= 4 is 116 Å². The summed E-state index contributed by atoms with van der Waals surface area (Å²) in [6, 6.07) is 4.78. The molecule has 0 saturated carbocycles. The average molecular weight is 1350 g/mol. The van der Waals surface area contributed by atoms with Crippen LogP contribution in [0.5, 0.6) is 5.75 Å². The number of fused-ring (bicyclic) bond motifs is 1. The zero-order valence-corrected chi connectivity index (χ0v) is 52.2. The molecule has 4 unspecified atom stereocenters. The van der Waals surface area contributed by atoms with Crippen LogP contribution in [0.4, 0.5) is 0 Å². The molecule has 1 aromatic heterocycles. The van der Waals surface area contributed by atoms with E-state index in [9.17, 15) is 90.9 Å². The van der Waals surface area contributed by atoms with Crippen LogP contribution in [0.3, 0.4) is 0 Å². The molecule has 36 heteroatoms. The van der Waals surface area contributed by atoms with E-state index in [0.717, 1.165) is 19.1 Å². The van der Waals surface area contributed by atoms with Gasteiger partial charge in [0.15, 0.2) is 0 Å². The number of primary amides is 2. The molecule has 0 aliphatic carbocycles. The summed E-state index contributed by atoms with van der Waals surface area (Å²) in [4.78, 5) is 188. The number of H-pyrrole nitrogens is 1. The van der Waals surface area contributed by atoms with Crippen LogP contribution in [0.1, 0.15) is 68.6 Å². The molecule has 19 N–H and O–H groups in total. The van der Waals surface area contributed by atoms with Crippen molar-refractivity contribution in [3.05, 3.63) is 102 Å². The average Bonchev–Trinajstić information content (AvgIpc) is 1.51. The SMILES string of the molecule is CSCCC(NC(=O)[C@H](Cc1c[nH]c2ccccc12)NC(=O)CNC(=O)[C@@H](NC(=O)[C@H](Cc1ccc(OS(=O)(=O)O)cc1)NC(=O)C(CC(=O)O)NC(=O)[C@H](CCC(N)=O)NC(=O)C1CCC(=O)N1)[C@@H](C)O)C(=O)NC(CC(=O)O)C(=O)N[C@@H](Cc1ccccc1)C(N)=O. The van der Waals surface area contributed by atoms with Gasteiger partial charge in [-0.25, -0.2) is 0 Å². The van der Waals surface area contributed by atoms with Gasteiger partial charge >= 0.3 is 22.3 Å². The highest BCUT2D eigenvalue weighted by atomic mass is 32.3. The lowest BCUT2D eigenvalue weighted by molar-refractivity contribution is -0.142. The second kappa shape index (κ2) is 35.6. The van der Waals surface area contributed by atoms with Gasteiger partial charge in [0.1, 0.15) is 60.1 Å². The minimum absolute atomic E-state index is 0.0226. The molecule has 94 heavy (non-hydrogen) atoms. The number of benzene rings is 3. The summed E-state index contributed by atoms with van der Waals surface area (Å²) in [6.45, 7) is 0.0728. The van der Waals surface area contributed by atoms with E-state index < -0.39 is 198 Å². The highest BCUT2D eigenvalue weighted by Crippen LogP contribution is 2.21. The molecule has 1 aliphatic rings. The van der Waals surface area contributed by atoms with Crippen molar-refractivity contribution in [2.75, 3.05) is 18.6 Å². The Morgan fingerprint density at radius 1 is 0.628 bits per heavy atom. The molecule has 1 saturated heterocycles. The summed E-state index contributed by atoms with van der Waals surface area (Å²) in [7, 11) is -5.02. The fourth-order valence-corrected chi connectivity index (χ4v) is 10.3. The third-order valence-electron chi connectivity index (χ3n) is 14.3. The zero-order chi connectivity index (χ0) is 69.4. The van der Waals surface area contributed by atoms with Crippen molar-refractivity contribution in [1.29, 1.82) is 0 Å². The van der Waals surface area contributed by atoms with E-state index in [1.807, 2.05) is 0 Å². The molecule has 4 aromatic rings. The van der Waals surface area contributed by atoms with E-state index in [2.05, 4.69) is 62.3 Å². The Morgan fingerprint density at radius 3 is 1.69 bits per heavy atom. The number of aromatic amines is 1. The number of carboxylic acid groups (broad SMARTS) is 2. The molecule has 10 atom stereocenters. The van der Waals surface area contributed by atoms with Crippen molar-refractivity contribution < 1.29 is 99.6 Å². The van der Waals surface area contributed by atoms with E-state index >= 15 is 0 Å². The first-order chi connectivity index (χ1) is 44.4. The Kier molecular flexibility index (Phi) is 28.2. The number of para-hydroxylation sites is 1. The number of hydrogen-bond donors (Lipinski definition) is 17. The lowest BCUT2D eigenvalue weighted by Crippen LogP contribution is -2.61. The molecule has 3 aromatic carbocycles. The van der Waals surface area contributed by atoms with Crippen molar-refractivity contribution in [3.63, 3.8) is 0 Å². The number of nitrogens with one attached hydrogen (secondary N) is 11. The third kappa shape index (κ3) is 24.4. The van der Waals surface area contributed by atoms with Gasteiger partial charge in [0.25, 0.3) is 0 Å². The Morgan fingerprint density at radius 2 is 1.14 bits per heavy atom. The second-order valence-corrected chi connectivity index (χ2v) is 23.6. The predicted molar refractivity (Wildman–Crippen MR) is 331 cm³/mol. The number of thioether (sulfide) groups is 1. The highest BCUT2D eigenvalue weighted by molar-refractivity contribution is 7.98. The van der Waals surface area contributed by atoms with Gasteiger partial charge in [0, 0.05) is 49.2 Å². The molecule has 12 amide bonds. The second-order valence-electron chi connectivity index (χ2n) is 21.6. The lowest BCUT2D eigenvalue weighted by Gasteiger charge is -2.27. The van der Waals surface area contributed by atoms with Gasteiger partial charge < -0.3 is 89.1 Å². The van der Waals surface area contributed by atoms with Crippen LogP contribution < -0.4 is 68.8 Å². The van der Waals surface area contributed by atoms with Crippen LogP contribution >= 0.6 is 11.8 Å². The highest BCUT2D eigenvalue weighted by Gasteiger charge is 2.37. The van der Waals surface area contributed by atoms with Gasteiger partial charge in [-0.15, -0.1) is 0 Å². The first-order valence-electron chi connectivity index (χ1n) is 28.9. The van der Waals surface area contributed by atoms with Gasteiger partial charge in [-0.05, 0) is 73.1 Å². The Hall–Kier alpha value is -10.2. The number of rotatable bonds is 38. The summed E-state index contributed by atoms with van der Waals surface area (Å²) < 4.78 is 36.4. The summed E-state index contributed by atoms with van der Waals surface area (Å²) in [5.41, 5.74) is 12.6. The molecular weight excluding hydrogens is 1280 g/mol. The van der Waals surface area contributed by atoms with Crippen LogP contribution in [0.25, 0.3) is 10.9 Å². The fourth-order valence-electron chi connectivity index (χ4n) is 9.50. The van der Waals surface area contributed by atoms with Crippen molar-refractivity contribution in [1.82, 2.24) is 58.2 Å². The van der Waals surface area contributed by atoms with Crippen LogP contribution in [0.15, 0.2) is 85.1 Å². The molecule has 0 bridgehead atoms. The maximum Gasteiger partial charge on any atom is 0.446 e. The van der Waals surface area contributed by atoms with E-state index in [1.165, 1.54) is 23.9 Å². The smallest absolute Gasteiger partial charge is 0.446 e. The first kappa shape index (κ1) is 74.5. The monoisotopic (exact) mass is 1350 g/mol. The molecule has 1 aliphatic heterocycles. The number of aliphatic hydroxyl groups is 1. The van der Waals surface area contributed by atoms with Gasteiger partial charge in [-0.1, -0.05) is 60.7 Å². The quantitative estimate of drug-likeness (QED) is 0.0188. The molecule has 0 spiro atoms. The molecule has 34 nitrogen and oxygen atoms in total. The molecular formula is C58H73N13O21S2. The molecule has 2 heterocycles. The lowest BCUT2D eigenvalue weighted by atomic mass is 10.0. The molecule has 0 radical (unpaired) electrons. The van der Waals surface area contributed by atoms with E-state index in [1.54, 1.807) is 67.0 Å². The molecule has 5 rings (SSSR count). The maximum atomic E-state index is 14.5. The fraction of sp³-hybridized carbons (Fsp3) is 0.414. The van der Waals surface area contributed by atoms with E-state index in [0.29, 0.717) is 22.0 Å². The summed E-state index contributed by atoms with van der Waals surface area (Å²) in [5, 5.41) is 54.6. The Bertz CT molecular complexity index is 3560. The topological polar surface area (TPSA) is 551 Å². The van der Waals surface area contributed by atoms with Crippen molar-refractivity contribution in [2.45, 2.75) is 132 Å². The molecule has 1 fully saturated rings. The minimum Gasteiger partial charge on any atom is -0.481 e. The number of carbonyl (C=O) groups is 14. The van der Waals surface area contributed by atoms with Crippen LogP contribution in [-0.2, 0) is 96.8 Å². The number of aromatic nitrogens is 1. The number of carboxylic acids is 2. The van der Waals surface area contributed by atoms with Crippen LogP contribution in [0.2, 0.25) is 0 Å². The number of aliphatic carboxylic acids is 2. The van der Waals surface area contributed by atoms with Crippen LogP contribution in [0, 0.1) is 0 Å². The number of hydrogen-bond acceptors (Lipinski definition) is 19. The van der Waals surface area contributed by atoms with Crippen LogP contribution in [-0.4, -0.2) is 195 Å². The van der Waals surface area contributed by atoms with Gasteiger partial charge in [-0.3, -0.25) is 71.7 Å². The van der Waals surface area contributed by atoms with Gasteiger partial charge in [-0.2, -0.15) is 20.2 Å². The normalized spacial score (nSPS) is 15.6.